The van der Waals surface area contributed by atoms with Crippen LogP contribution in [0.25, 0.3) is 0 Å². The Labute approximate surface area is 136 Å². The minimum atomic E-state index is -0.0416. The summed E-state index contributed by atoms with van der Waals surface area (Å²) in [4.78, 5) is 27.9. The molecule has 2 fully saturated rings. The molecule has 0 unspecified atom stereocenters. The molecule has 1 aromatic rings. The number of amides is 1. The van der Waals surface area contributed by atoms with E-state index in [0.29, 0.717) is 37.5 Å². The van der Waals surface area contributed by atoms with E-state index in [1.807, 2.05) is 17.9 Å². The van der Waals surface area contributed by atoms with Gasteiger partial charge in [-0.3, -0.25) is 14.5 Å². The van der Waals surface area contributed by atoms with Gasteiger partial charge in [0.25, 0.3) is 5.91 Å². The van der Waals surface area contributed by atoms with Crippen LogP contribution >= 0.6 is 0 Å². The van der Waals surface area contributed by atoms with Crippen LogP contribution in [0.1, 0.15) is 47.6 Å². The molecule has 0 radical (unpaired) electrons. The van der Waals surface area contributed by atoms with E-state index in [-0.39, 0.29) is 11.9 Å². The molecule has 23 heavy (non-hydrogen) atoms. The number of rotatable bonds is 3. The molecule has 1 aromatic heterocycles. The molecule has 2 saturated heterocycles. The summed E-state index contributed by atoms with van der Waals surface area (Å²) in [6.07, 6.45) is 2.94. The summed E-state index contributed by atoms with van der Waals surface area (Å²) in [5.74, 6) is 1.50. The first-order valence-electron chi connectivity index (χ1n) is 8.41. The van der Waals surface area contributed by atoms with Crippen molar-refractivity contribution in [2.75, 3.05) is 26.2 Å². The summed E-state index contributed by atoms with van der Waals surface area (Å²) in [5, 5.41) is 0. The van der Waals surface area contributed by atoms with Crippen molar-refractivity contribution in [3.63, 3.8) is 0 Å². The Balaban J connectivity index is 1.63. The maximum absolute atomic E-state index is 12.5. The van der Waals surface area contributed by atoms with Crippen LogP contribution in [0.4, 0.5) is 0 Å². The lowest BCUT2D eigenvalue weighted by atomic mass is 10.1. The second kappa shape index (κ2) is 6.84. The zero-order valence-electron chi connectivity index (χ0n) is 13.7. The third-order valence-corrected chi connectivity index (χ3v) is 4.87. The van der Waals surface area contributed by atoms with Gasteiger partial charge in [-0.05, 0) is 25.8 Å². The summed E-state index contributed by atoms with van der Waals surface area (Å²) in [6.45, 7) is 5.61. The molecule has 0 saturated carbocycles. The van der Waals surface area contributed by atoms with Crippen LogP contribution in [0.5, 0.6) is 0 Å². The predicted octanol–water partition coefficient (Wildman–Crippen LogP) is 1.32. The SMILES string of the molecule is Cc1oc(C(=O)N2CCC(N)CC2)cc1CN1CCC(=O)CC1. The highest BCUT2D eigenvalue weighted by molar-refractivity contribution is 5.91. The zero-order chi connectivity index (χ0) is 16.4. The monoisotopic (exact) mass is 319 g/mol. The van der Waals surface area contributed by atoms with Crippen LogP contribution in [0.15, 0.2) is 10.5 Å². The molecule has 126 valence electrons. The number of likely N-dealkylation sites (tertiary alicyclic amines) is 2. The Hall–Kier alpha value is -1.66. The topological polar surface area (TPSA) is 79.8 Å². The van der Waals surface area contributed by atoms with Crippen molar-refractivity contribution < 1.29 is 14.0 Å². The molecule has 2 N–H and O–H groups in total. The van der Waals surface area contributed by atoms with Gasteiger partial charge in [0.05, 0.1) is 0 Å². The fourth-order valence-corrected chi connectivity index (χ4v) is 3.24. The number of nitrogens with zero attached hydrogens (tertiary/aromatic N) is 2. The highest BCUT2D eigenvalue weighted by Crippen LogP contribution is 2.21. The van der Waals surface area contributed by atoms with Crippen molar-refractivity contribution in [2.24, 2.45) is 5.73 Å². The van der Waals surface area contributed by atoms with Gasteiger partial charge in [0.2, 0.25) is 0 Å². The largest absolute Gasteiger partial charge is 0.456 e. The number of piperidine rings is 2. The second-order valence-electron chi connectivity index (χ2n) is 6.64. The maximum Gasteiger partial charge on any atom is 0.289 e. The van der Waals surface area contributed by atoms with E-state index in [4.69, 9.17) is 10.2 Å². The number of nitrogens with two attached hydrogens (primary N) is 1. The highest BCUT2D eigenvalue weighted by Gasteiger charge is 2.25. The van der Waals surface area contributed by atoms with E-state index in [1.54, 1.807) is 0 Å². The molecule has 0 aromatic carbocycles. The summed E-state index contributed by atoms with van der Waals surface area (Å²) in [6, 6.07) is 2.07. The van der Waals surface area contributed by atoms with E-state index >= 15 is 0 Å². The standard InChI is InChI=1S/C17H25N3O3/c1-12-13(11-19-6-4-15(21)5-7-19)10-16(23-12)17(22)20-8-2-14(18)3-9-20/h10,14H,2-9,11,18H2,1H3. The molecule has 0 spiro atoms. The van der Waals surface area contributed by atoms with Crippen LogP contribution in [-0.2, 0) is 11.3 Å². The molecular formula is C17H25N3O3. The smallest absolute Gasteiger partial charge is 0.289 e. The van der Waals surface area contributed by atoms with E-state index < -0.39 is 0 Å². The maximum atomic E-state index is 12.5. The first kappa shape index (κ1) is 16.2. The van der Waals surface area contributed by atoms with Gasteiger partial charge in [0, 0.05) is 57.2 Å². The number of carbonyl (C=O) groups excluding carboxylic acids is 2. The normalized spacial score (nSPS) is 21.0. The van der Waals surface area contributed by atoms with E-state index in [1.165, 1.54) is 0 Å². The highest BCUT2D eigenvalue weighted by atomic mass is 16.4. The number of hydrogen-bond donors (Lipinski definition) is 1. The molecule has 3 heterocycles. The molecule has 0 atom stereocenters. The van der Waals surface area contributed by atoms with Gasteiger partial charge in [-0.1, -0.05) is 0 Å². The molecule has 0 aliphatic carbocycles. The second-order valence-corrected chi connectivity index (χ2v) is 6.64. The van der Waals surface area contributed by atoms with Crippen LogP contribution in [0.3, 0.4) is 0 Å². The summed E-state index contributed by atoms with van der Waals surface area (Å²) >= 11 is 0. The Morgan fingerprint density at radius 2 is 1.91 bits per heavy atom. The summed E-state index contributed by atoms with van der Waals surface area (Å²) < 4.78 is 5.70. The number of aryl methyl sites for hydroxylation is 1. The van der Waals surface area contributed by atoms with Crippen molar-refractivity contribution in [1.29, 1.82) is 0 Å². The number of Topliss-reactive ketones (excluding diaryl/α,β-unsaturated/α-hetero) is 1. The summed E-state index contributed by atoms with van der Waals surface area (Å²) in [7, 11) is 0. The fraction of sp³-hybridized carbons (Fsp3) is 0.647. The van der Waals surface area contributed by atoms with Crippen molar-refractivity contribution >= 4 is 11.7 Å². The van der Waals surface area contributed by atoms with Gasteiger partial charge in [-0.15, -0.1) is 0 Å². The third kappa shape index (κ3) is 3.82. The molecule has 1 amide bonds. The number of ketones is 1. The first-order valence-corrected chi connectivity index (χ1v) is 8.41. The molecule has 0 bridgehead atoms. The van der Waals surface area contributed by atoms with E-state index in [0.717, 1.165) is 43.8 Å². The first-order chi connectivity index (χ1) is 11.0. The fourth-order valence-electron chi connectivity index (χ4n) is 3.24. The van der Waals surface area contributed by atoms with Crippen LogP contribution in [-0.4, -0.2) is 53.7 Å². The molecule has 6 nitrogen and oxygen atoms in total. The van der Waals surface area contributed by atoms with Crippen molar-refractivity contribution in [1.82, 2.24) is 9.80 Å². The van der Waals surface area contributed by atoms with Gasteiger partial charge >= 0.3 is 0 Å². The molecule has 6 heteroatoms. The van der Waals surface area contributed by atoms with E-state index in [2.05, 4.69) is 4.90 Å². The van der Waals surface area contributed by atoms with Gasteiger partial charge in [-0.2, -0.15) is 0 Å². The average Bonchev–Trinajstić information content (AvgIpc) is 2.91. The molecule has 2 aliphatic heterocycles. The van der Waals surface area contributed by atoms with Crippen molar-refractivity contribution in [3.05, 3.63) is 23.2 Å². The van der Waals surface area contributed by atoms with Crippen LogP contribution < -0.4 is 5.73 Å². The molecular weight excluding hydrogens is 294 g/mol. The third-order valence-electron chi connectivity index (χ3n) is 4.87. The van der Waals surface area contributed by atoms with E-state index in [9.17, 15) is 9.59 Å². The Morgan fingerprint density at radius 1 is 1.26 bits per heavy atom. The van der Waals surface area contributed by atoms with Crippen molar-refractivity contribution in [2.45, 2.75) is 45.2 Å². The zero-order valence-corrected chi connectivity index (χ0v) is 13.7. The minimum absolute atomic E-state index is 0.0416. The van der Waals surface area contributed by atoms with Gasteiger partial charge < -0.3 is 15.1 Å². The molecule has 3 rings (SSSR count). The quantitative estimate of drug-likeness (QED) is 0.909. The average molecular weight is 319 g/mol. The number of furan rings is 1. The Bertz CT molecular complexity index is 578. The lowest BCUT2D eigenvalue weighted by Gasteiger charge is -2.29. The van der Waals surface area contributed by atoms with Crippen LogP contribution in [0.2, 0.25) is 0 Å². The molecule has 2 aliphatic rings. The number of carbonyl (C=O) groups is 2. The van der Waals surface area contributed by atoms with Crippen LogP contribution in [0, 0.1) is 6.92 Å². The minimum Gasteiger partial charge on any atom is -0.456 e. The lowest BCUT2D eigenvalue weighted by molar-refractivity contribution is -0.121. The van der Waals surface area contributed by atoms with Crippen molar-refractivity contribution in [3.8, 4) is 0 Å². The van der Waals surface area contributed by atoms with Gasteiger partial charge in [0.15, 0.2) is 5.76 Å². The Morgan fingerprint density at radius 3 is 2.57 bits per heavy atom. The summed E-state index contributed by atoms with van der Waals surface area (Å²) in [5.41, 5.74) is 6.93. The lowest BCUT2D eigenvalue weighted by Crippen LogP contribution is -2.42. The van der Waals surface area contributed by atoms with Gasteiger partial charge in [-0.25, -0.2) is 0 Å². The van der Waals surface area contributed by atoms with Gasteiger partial charge in [0.1, 0.15) is 11.5 Å². The Kier molecular flexibility index (Phi) is 4.82. The predicted molar refractivity (Wildman–Crippen MR) is 86.1 cm³/mol. The number of hydrogen-bond acceptors (Lipinski definition) is 5.